The number of carbonyl (C=O) groups is 1. The van der Waals surface area contributed by atoms with Gasteiger partial charge < -0.3 is 15.4 Å². The number of methoxy groups -OCH3 is 1. The van der Waals surface area contributed by atoms with E-state index in [1.807, 2.05) is 60.7 Å². The van der Waals surface area contributed by atoms with Crippen LogP contribution in [0.3, 0.4) is 0 Å². The summed E-state index contributed by atoms with van der Waals surface area (Å²) >= 11 is 5.43. The highest BCUT2D eigenvalue weighted by molar-refractivity contribution is 7.80. The SMILES string of the molecule is COc1cccc(CCCNC(=S)Nc2cccc(C(=O)c3ccc(C(C)(C)C)cc3)c2)c1. The Morgan fingerprint density at radius 2 is 1.67 bits per heavy atom. The fourth-order valence-electron chi connectivity index (χ4n) is 3.52. The molecule has 0 heterocycles. The van der Waals surface area contributed by atoms with Crippen LogP contribution in [0.5, 0.6) is 5.75 Å². The Kier molecular flexibility index (Phi) is 8.23. The van der Waals surface area contributed by atoms with Crippen LogP contribution in [0.15, 0.2) is 72.8 Å². The molecule has 0 radical (unpaired) electrons. The van der Waals surface area contributed by atoms with E-state index in [2.05, 4.69) is 43.5 Å². The minimum Gasteiger partial charge on any atom is -0.497 e. The lowest BCUT2D eigenvalue weighted by molar-refractivity contribution is 0.103. The molecule has 0 bridgehead atoms. The van der Waals surface area contributed by atoms with Crippen LogP contribution in [0.1, 0.15) is 54.2 Å². The predicted molar refractivity (Wildman–Crippen MR) is 141 cm³/mol. The van der Waals surface area contributed by atoms with Crippen LogP contribution in [0.25, 0.3) is 0 Å². The van der Waals surface area contributed by atoms with Gasteiger partial charge in [-0.3, -0.25) is 4.79 Å². The number of rotatable bonds is 8. The summed E-state index contributed by atoms with van der Waals surface area (Å²) in [6, 6.07) is 23.4. The first-order valence-corrected chi connectivity index (χ1v) is 11.6. The number of ether oxygens (including phenoxy) is 1. The van der Waals surface area contributed by atoms with Gasteiger partial charge in [-0.25, -0.2) is 0 Å². The highest BCUT2D eigenvalue weighted by atomic mass is 32.1. The van der Waals surface area contributed by atoms with Crippen LogP contribution in [0.2, 0.25) is 0 Å². The second kappa shape index (κ2) is 11.1. The molecule has 3 rings (SSSR count). The van der Waals surface area contributed by atoms with Gasteiger partial charge in [-0.15, -0.1) is 0 Å². The third-order valence-corrected chi connectivity index (χ3v) is 5.70. The fraction of sp³-hybridized carbons (Fsp3) is 0.286. The number of aryl methyl sites for hydroxylation is 1. The van der Waals surface area contributed by atoms with Gasteiger partial charge in [-0.1, -0.05) is 69.3 Å². The fourth-order valence-corrected chi connectivity index (χ4v) is 3.74. The lowest BCUT2D eigenvalue weighted by Gasteiger charge is -2.19. The molecule has 5 heteroatoms. The lowest BCUT2D eigenvalue weighted by atomic mass is 9.86. The molecule has 0 aliphatic carbocycles. The molecule has 0 saturated carbocycles. The zero-order valence-electron chi connectivity index (χ0n) is 19.8. The van der Waals surface area contributed by atoms with Crippen molar-refractivity contribution in [2.45, 2.75) is 39.0 Å². The van der Waals surface area contributed by atoms with E-state index in [0.717, 1.165) is 30.8 Å². The number of nitrogens with one attached hydrogen (secondary N) is 2. The minimum atomic E-state index is -0.00345. The Labute approximate surface area is 202 Å². The Morgan fingerprint density at radius 1 is 0.939 bits per heavy atom. The van der Waals surface area contributed by atoms with Gasteiger partial charge in [0.2, 0.25) is 0 Å². The maximum Gasteiger partial charge on any atom is 0.193 e. The Bertz CT molecular complexity index is 1100. The van der Waals surface area contributed by atoms with E-state index in [0.29, 0.717) is 16.2 Å². The molecular formula is C28H32N2O2S. The van der Waals surface area contributed by atoms with Gasteiger partial charge in [-0.05, 0) is 65.9 Å². The van der Waals surface area contributed by atoms with Crippen molar-refractivity contribution in [3.8, 4) is 5.75 Å². The standard InChI is InChI=1S/C28H32N2O2S/c1-28(2,3)23-15-13-21(14-16-23)26(31)22-10-6-11-24(19-22)30-27(33)29-17-7-9-20-8-5-12-25(18-20)32-4/h5-6,8,10-16,18-19H,7,9,17H2,1-4H3,(H2,29,30,33). The van der Waals surface area contributed by atoms with Crippen molar-refractivity contribution in [1.29, 1.82) is 0 Å². The molecule has 0 spiro atoms. The summed E-state index contributed by atoms with van der Waals surface area (Å²) in [7, 11) is 1.68. The van der Waals surface area contributed by atoms with Gasteiger partial charge in [0.15, 0.2) is 10.9 Å². The van der Waals surface area contributed by atoms with Crippen molar-refractivity contribution in [2.24, 2.45) is 0 Å². The van der Waals surface area contributed by atoms with Gasteiger partial charge >= 0.3 is 0 Å². The first kappa shape index (κ1) is 24.5. The van der Waals surface area contributed by atoms with Crippen LogP contribution in [-0.4, -0.2) is 24.6 Å². The van der Waals surface area contributed by atoms with E-state index in [1.165, 1.54) is 11.1 Å². The average Bonchev–Trinajstić information content (AvgIpc) is 2.81. The Balaban J connectivity index is 1.52. The first-order chi connectivity index (χ1) is 15.8. The molecule has 0 aliphatic heterocycles. The molecule has 0 aromatic heterocycles. The van der Waals surface area contributed by atoms with Crippen molar-refractivity contribution in [1.82, 2.24) is 5.32 Å². The molecule has 172 valence electrons. The summed E-state index contributed by atoms with van der Waals surface area (Å²) in [5.41, 5.74) is 4.59. The zero-order valence-corrected chi connectivity index (χ0v) is 20.6. The summed E-state index contributed by atoms with van der Waals surface area (Å²) in [4.78, 5) is 13.0. The number of thiocarbonyl (C=S) groups is 1. The average molecular weight is 461 g/mol. The summed E-state index contributed by atoms with van der Waals surface area (Å²) in [5.74, 6) is 0.869. The monoisotopic (exact) mass is 460 g/mol. The number of hydrogen-bond acceptors (Lipinski definition) is 3. The molecule has 3 aromatic carbocycles. The van der Waals surface area contributed by atoms with Gasteiger partial charge in [0.1, 0.15) is 5.75 Å². The normalized spacial score (nSPS) is 11.0. The third-order valence-electron chi connectivity index (χ3n) is 5.46. The zero-order chi connectivity index (χ0) is 23.8. The molecular weight excluding hydrogens is 428 g/mol. The highest BCUT2D eigenvalue weighted by Crippen LogP contribution is 2.23. The smallest absolute Gasteiger partial charge is 0.193 e. The van der Waals surface area contributed by atoms with Crippen molar-refractivity contribution in [3.05, 3.63) is 95.1 Å². The molecule has 3 aromatic rings. The topological polar surface area (TPSA) is 50.4 Å². The molecule has 0 unspecified atom stereocenters. The quantitative estimate of drug-likeness (QED) is 0.240. The van der Waals surface area contributed by atoms with Crippen molar-refractivity contribution in [3.63, 3.8) is 0 Å². The van der Waals surface area contributed by atoms with E-state index in [4.69, 9.17) is 17.0 Å². The number of anilines is 1. The molecule has 0 fully saturated rings. The molecule has 0 aliphatic rings. The number of carbonyl (C=O) groups excluding carboxylic acids is 1. The van der Waals surface area contributed by atoms with Crippen molar-refractivity contribution < 1.29 is 9.53 Å². The third kappa shape index (κ3) is 7.16. The first-order valence-electron chi connectivity index (χ1n) is 11.2. The maximum absolute atomic E-state index is 13.0. The molecule has 33 heavy (non-hydrogen) atoms. The molecule has 2 N–H and O–H groups in total. The van der Waals surface area contributed by atoms with Crippen molar-refractivity contribution >= 4 is 28.8 Å². The van der Waals surface area contributed by atoms with Crippen LogP contribution < -0.4 is 15.4 Å². The van der Waals surface area contributed by atoms with Gasteiger partial charge in [0, 0.05) is 23.4 Å². The van der Waals surface area contributed by atoms with Crippen LogP contribution in [-0.2, 0) is 11.8 Å². The summed E-state index contributed by atoms with van der Waals surface area (Å²) < 4.78 is 5.27. The van der Waals surface area contributed by atoms with Gasteiger partial charge in [0.05, 0.1) is 7.11 Å². The maximum atomic E-state index is 13.0. The molecule has 4 nitrogen and oxygen atoms in total. The lowest BCUT2D eigenvalue weighted by Crippen LogP contribution is -2.29. The minimum absolute atomic E-state index is 0.00345. The van der Waals surface area contributed by atoms with E-state index in [1.54, 1.807) is 7.11 Å². The molecule has 0 amide bonds. The summed E-state index contributed by atoms with van der Waals surface area (Å²) in [5, 5.41) is 6.96. The second-order valence-electron chi connectivity index (χ2n) is 9.07. The van der Waals surface area contributed by atoms with E-state index in [-0.39, 0.29) is 11.2 Å². The van der Waals surface area contributed by atoms with E-state index >= 15 is 0 Å². The molecule has 0 saturated heterocycles. The van der Waals surface area contributed by atoms with E-state index < -0.39 is 0 Å². The van der Waals surface area contributed by atoms with Crippen molar-refractivity contribution in [2.75, 3.05) is 19.0 Å². The highest BCUT2D eigenvalue weighted by Gasteiger charge is 2.15. The number of ketones is 1. The van der Waals surface area contributed by atoms with E-state index in [9.17, 15) is 4.79 Å². The predicted octanol–water partition coefficient (Wildman–Crippen LogP) is 6.14. The summed E-state index contributed by atoms with van der Waals surface area (Å²) in [6.07, 6.45) is 1.88. The second-order valence-corrected chi connectivity index (χ2v) is 9.48. The number of benzene rings is 3. The van der Waals surface area contributed by atoms with Crippen LogP contribution >= 0.6 is 12.2 Å². The Hall–Kier alpha value is -3.18. The van der Waals surface area contributed by atoms with Gasteiger partial charge in [-0.2, -0.15) is 0 Å². The summed E-state index contributed by atoms with van der Waals surface area (Å²) in [6.45, 7) is 7.24. The molecule has 0 atom stereocenters. The number of hydrogen-bond donors (Lipinski definition) is 2. The largest absolute Gasteiger partial charge is 0.497 e. The van der Waals surface area contributed by atoms with Gasteiger partial charge in [0.25, 0.3) is 0 Å². The van der Waals surface area contributed by atoms with Crippen LogP contribution in [0.4, 0.5) is 5.69 Å². The Morgan fingerprint density at radius 3 is 2.36 bits per heavy atom. The van der Waals surface area contributed by atoms with Crippen LogP contribution in [0, 0.1) is 0 Å².